The zero-order chi connectivity index (χ0) is 24.9. The molecule has 1 aromatic heterocycles. The number of aromatic nitrogens is 1. The maximum absolute atomic E-state index is 13.8. The number of amides is 3. The Morgan fingerprint density at radius 1 is 1.17 bits per heavy atom. The molecule has 35 heavy (non-hydrogen) atoms. The Bertz CT molecular complexity index is 1410. The number of benzene rings is 2. The second kappa shape index (κ2) is 8.84. The molecule has 0 saturated carbocycles. The van der Waals surface area contributed by atoms with Gasteiger partial charge in [-0.15, -0.1) is 0 Å². The van der Waals surface area contributed by atoms with Crippen molar-refractivity contribution in [3.8, 4) is 5.75 Å². The summed E-state index contributed by atoms with van der Waals surface area (Å²) in [6.07, 6.45) is 1.19. The van der Waals surface area contributed by atoms with Gasteiger partial charge in [0.15, 0.2) is 5.92 Å². The van der Waals surface area contributed by atoms with Gasteiger partial charge in [-0.2, -0.15) is 0 Å². The Kier molecular flexibility index (Phi) is 5.84. The Morgan fingerprint density at radius 3 is 2.71 bits per heavy atom. The number of methoxy groups -OCH3 is 1. The topological polar surface area (TPSA) is 98.2 Å². The van der Waals surface area contributed by atoms with Gasteiger partial charge in [-0.1, -0.05) is 23.5 Å². The molecule has 182 valence electrons. The first-order valence-corrected chi connectivity index (χ1v) is 12.2. The first kappa shape index (κ1) is 23.1. The predicted octanol–water partition coefficient (Wildman–Crippen LogP) is 3.24. The molecule has 0 spiro atoms. The van der Waals surface area contributed by atoms with Crippen LogP contribution in [0.1, 0.15) is 30.5 Å². The van der Waals surface area contributed by atoms with Crippen LogP contribution in [0, 0.1) is 5.92 Å². The lowest BCUT2D eigenvalue weighted by Gasteiger charge is -2.40. The van der Waals surface area contributed by atoms with E-state index in [0.717, 1.165) is 32.7 Å². The Balaban J connectivity index is 1.58. The minimum Gasteiger partial charge on any atom is -0.496 e. The van der Waals surface area contributed by atoms with Crippen LogP contribution in [0.4, 0.5) is 10.5 Å². The molecule has 10 heteroatoms. The highest BCUT2D eigenvalue weighted by Crippen LogP contribution is 2.42. The fraction of sp³-hybridized carbons (Fsp3) is 0.360. The zero-order valence-electron chi connectivity index (χ0n) is 19.6. The first-order chi connectivity index (χ1) is 16.8. The van der Waals surface area contributed by atoms with Crippen molar-refractivity contribution in [2.75, 3.05) is 25.2 Å². The van der Waals surface area contributed by atoms with Gasteiger partial charge in [0.2, 0.25) is 5.91 Å². The van der Waals surface area contributed by atoms with E-state index in [2.05, 4.69) is 0 Å². The highest BCUT2D eigenvalue weighted by Gasteiger charge is 2.48. The van der Waals surface area contributed by atoms with Crippen molar-refractivity contribution in [3.63, 3.8) is 0 Å². The molecule has 0 bridgehead atoms. The fourth-order valence-electron chi connectivity index (χ4n) is 5.00. The van der Waals surface area contributed by atoms with Crippen molar-refractivity contribution in [1.29, 1.82) is 0 Å². The van der Waals surface area contributed by atoms with Crippen molar-refractivity contribution < 1.29 is 23.9 Å². The number of carbonyl (C=O) groups excluding carboxylic acids is 3. The summed E-state index contributed by atoms with van der Waals surface area (Å²) in [4.78, 5) is 54.8. The van der Waals surface area contributed by atoms with Gasteiger partial charge in [0.25, 0.3) is 0 Å². The Morgan fingerprint density at radius 2 is 1.97 bits per heavy atom. The lowest BCUT2D eigenvalue weighted by molar-refractivity contribution is -0.155. The predicted molar refractivity (Wildman–Crippen MR) is 131 cm³/mol. The summed E-state index contributed by atoms with van der Waals surface area (Å²) >= 11 is 1.08. The van der Waals surface area contributed by atoms with Gasteiger partial charge in [0.1, 0.15) is 5.75 Å². The lowest BCUT2D eigenvalue weighted by Crippen LogP contribution is -2.59. The normalized spacial score (nSPS) is 19.9. The first-order valence-electron chi connectivity index (χ1n) is 11.4. The van der Waals surface area contributed by atoms with Crippen molar-refractivity contribution in [3.05, 3.63) is 57.2 Å². The van der Waals surface area contributed by atoms with E-state index in [0.29, 0.717) is 24.3 Å². The van der Waals surface area contributed by atoms with E-state index >= 15 is 0 Å². The second-order valence-electron chi connectivity index (χ2n) is 8.57. The van der Waals surface area contributed by atoms with E-state index in [4.69, 9.17) is 9.47 Å². The van der Waals surface area contributed by atoms with Crippen molar-refractivity contribution in [2.45, 2.75) is 25.8 Å². The zero-order valence-corrected chi connectivity index (χ0v) is 20.5. The quantitative estimate of drug-likeness (QED) is 0.398. The number of fused-ring (bicyclic) bond motifs is 2. The monoisotopic (exact) mass is 495 g/mol. The summed E-state index contributed by atoms with van der Waals surface area (Å²) in [5.74, 6) is -1.65. The van der Waals surface area contributed by atoms with Crippen LogP contribution < -0.4 is 14.5 Å². The Hall–Kier alpha value is -3.66. The molecule has 0 radical (unpaired) electrons. The van der Waals surface area contributed by atoms with Gasteiger partial charge in [-0.05, 0) is 55.2 Å². The standard InChI is InChI=1S/C25H25N3O6S/c1-4-34-23(30)17-13-27(14-8-10-19-21(12-14)35-25(32)26(19)2)24(31)28(22(17)29)18-11-9-16-15(18)6-5-7-20(16)33-3/h5-8,10,12,17-18H,4,9,11,13H2,1-3H3. The molecule has 2 heterocycles. The van der Waals surface area contributed by atoms with E-state index in [1.54, 1.807) is 43.8 Å². The van der Waals surface area contributed by atoms with Crippen LogP contribution in [0.2, 0.25) is 0 Å². The van der Waals surface area contributed by atoms with Gasteiger partial charge < -0.3 is 14.0 Å². The van der Waals surface area contributed by atoms with E-state index in [1.165, 1.54) is 9.80 Å². The number of rotatable bonds is 5. The summed E-state index contributed by atoms with van der Waals surface area (Å²) in [5, 5.41) is 0. The van der Waals surface area contributed by atoms with Crippen molar-refractivity contribution in [2.24, 2.45) is 13.0 Å². The molecule has 2 atom stereocenters. The number of hydrogen-bond acceptors (Lipinski definition) is 7. The SMILES string of the molecule is CCOC(=O)C1CN(c2ccc3c(c2)sc(=O)n3C)C(=O)N(C2CCc3c(OC)cccc32)C1=O. The molecule has 1 aliphatic carbocycles. The number of ether oxygens (including phenoxy) is 2. The highest BCUT2D eigenvalue weighted by molar-refractivity contribution is 7.16. The number of thiazole rings is 1. The summed E-state index contributed by atoms with van der Waals surface area (Å²) < 4.78 is 12.9. The van der Waals surface area contributed by atoms with E-state index < -0.39 is 29.9 Å². The summed E-state index contributed by atoms with van der Waals surface area (Å²) in [6, 6.07) is 9.81. The number of urea groups is 1. The average molecular weight is 496 g/mol. The maximum atomic E-state index is 13.8. The summed E-state index contributed by atoms with van der Waals surface area (Å²) in [6.45, 7) is 1.68. The van der Waals surface area contributed by atoms with Crippen LogP contribution in [0.5, 0.6) is 5.75 Å². The second-order valence-corrected chi connectivity index (χ2v) is 9.56. The molecular weight excluding hydrogens is 470 g/mol. The summed E-state index contributed by atoms with van der Waals surface area (Å²) in [5.41, 5.74) is 3.06. The fourth-order valence-corrected chi connectivity index (χ4v) is 5.91. The number of nitrogens with zero attached hydrogens (tertiary/aromatic N) is 3. The molecule has 2 aromatic carbocycles. The molecule has 3 aromatic rings. The van der Waals surface area contributed by atoms with Gasteiger partial charge in [-0.3, -0.25) is 24.2 Å². The number of imide groups is 1. The molecule has 1 fully saturated rings. The minimum absolute atomic E-state index is 0.111. The number of aryl methyl sites for hydroxylation is 1. The van der Waals surface area contributed by atoms with E-state index in [-0.39, 0.29) is 18.0 Å². The van der Waals surface area contributed by atoms with Crippen LogP contribution >= 0.6 is 11.3 Å². The third kappa shape index (κ3) is 3.68. The van der Waals surface area contributed by atoms with Crippen LogP contribution in [-0.2, 0) is 27.8 Å². The van der Waals surface area contributed by atoms with Gasteiger partial charge in [0.05, 0.1) is 36.5 Å². The van der Waals surface area contributed by atoms with E-state index in [1.807, 2.05) is 18.2 Å². The van der Waals surface area contributed by atoms with Crippen molar-refractivity contribution >= 4 is 45.1 Å². The highest BCUT2D eigenvalue weighted by atomic mass is 32.1. The summed E-state index contributed by atoms with van der Waals surface area (Å²) in [7, 11) is 3.28. The lowest BCUT2D eigenvalue weighted by atomic mass is 9.99. The number of carbonyl (C=O) groups is 3. The number of esters is 1. The Labute approximate surface area is 205 Å². The van der Waals surface area contributed by atoms with Crippen LogP contribution in [0.3, 0.4) is 0 Å². The molecule has 2 aliphatic rings. The maximum Gasteiger partial charge on any atom is 0.331 e. The number of hydrogen-bond donors (Lipinski definition) is 0. The van der Waals surface area contributed by atoms with Gasteiger partial charge in [0, 0.05) is 12.7 Å². The van der Waals surface area contributed by atoms with Crippen molar-refractivity contribution in [1.82, 2.24) is 9.47 Å². The van der Waals surface area contributed by atoms with Gasteiger partial charge >= 0.3 is 16.9 Å². The molecule has 2 unspecified atom stereocenters. The number of anilines is 1. The van der Waals surface area contributed by atoms with Crippen LogP contribution in [-0.4, -0.2) is 47.6 Å². The smallest absolute Gasteiger partial charge is 0.331 e. The van der Waals surface area contributed by atoms with Gasteiger partial charge in [-0.25, -0.2) is 4.79 Å². The molecular formula is C25H25N3O6S. The van der Waals surface area contributed by atoms with E-state index in [9.17, 15) is 19.2 Å². The molecule has 3 amide bonds. The molecule has 9 nitrogen and oxygen atoms in total. The molecule has 0 N–H and O–H groups in total. The molecule has 1 saturated heterocycles. The van der Waals surface area contributed by atoms with Crippen LogP contribution in [0.15, 0.2) is 41.2 Å². The molecule has 1 aliphatic heterocycles. The van der Waals surface area contributed by atoms with Crippen LogP contribution in [0.25, 0.3) is 10.2 Å². The minimum atomic E-state index is -1.15. The third-order valence-corrected chi connectivity index (χ3v) is 7.72. The third-order valence-electron chi connectivity index (χ3n) is 6.72. The average Bonchev–Trinajstić information content (AvgIpc) is 3.39. The molecule has 5 rings (SSSR count). The largest absolute Gasteiger partial charge is 0.496 e.